The molecule has 0 radical (unpaired) electrons. The third kappa shape index (κ3) is 4.26. The Morgan fingerprint density at radius 2 is 1.84 bits per heavy atom. The summed E-state index contributed by atoms with van der Waals surface area (Å²) in [6, 6.07) is -1.07. The first-order valence-electron chi connectivity index (χ1n) is 14.2. The van der Waals surface area contributed by atoms with Crippen LogP contribution in [0.15, 0.2) is 24.3 Å². The van der Waals surface area contributed by atoms with Crippen LogP contribution in [0.4, 0.5) is 0 Å². The number of hydrogen-bond acceptors (Lipinski definition) is 6. The van der Waals surface area contributed by atoms with Crippen LogP contribution in [0.3, 0.4) is 0 Å². The fourth-order valence-corrected chi connectivity index (χ4v) is 9.62. The molecule has 1 saturated carbocycles. The number of thioether (sulfide) groups is 1. The summed E-state index contributed by atoms with van der Waals surface area (Å²) in [5, 5.41) is 10.5. The van der Waals surface area contributed by atoms with E-state index in [1.807, 2.05) is 25.7 Å². The number of carbonyl (C=O) groups excluding carboxylic acids is 3. The molecule has 0 aromatic rings. The van der Waals surface area contributed by atoms with Gasteiger partial charge in [-0.25, -0.2) is 0 Å². The van der Waals surface area contributed by atoms with Crippen LogP contribution in [0.5, 0.6) is 0 Å². The number of esters is 1. The molecule has 204 valence electrons. The fraction of sp³-hybridized carbons (Fsp3) is 0.759. The van der Waals surface area contributed by atoms with Gasteiger partial charge in [0.25, 0.3) is 0 Å². The minimum absolute atomic E-state index is 0.0109. The van der Waals surface area contributed by atoms with E-state index in [1.54, 1.807) is 16.7 Å². The van der Waals surface area contributed by atoms with E-state index < -0.39 is 33.4 Å². The number of nitrogens with zero attached hydrogens (tertiary/aromatic N) is 2. The van der Waals surface area contributed by atoms with Crippen molar-refractivity contribution in [3.63, 3.8) is 0 Å². The summed E-state index contributed by atoms with van der Waals surface area (Å²) in [4.78, 5) is 46.4. The maximum atomic E-state index is 14.6. The van der Waals surface area contributed by atoms with Crippen LogP contribution in [-0.2, 0) is 19.1 Å². The Labute approximate surface area is 225 Å². The van der Waals surface area contributed by atoms with Crippen LogP contribution in [-0.4, -0.2) is 80.1 Å². The third-order valence-corrected chi connectivity index (χ3v) is 11.4. The molecule has 0 aromatic carbocycles. The van der Waals surface area contributed by atoms with Crippen LogP contribution >= 0.6 is 11.8 Å². The SMILES string of the molecule is CC[C@H](C)[C@H](CO)N1C(=O)[C@@H]2[C@H]3C(=O)OCCC/C=C\[C@@]3(C)S[C@@]23C=CCN(C2CCCCC2)C(=O)C13. The van der Waals surface area contributed by atoms with Gasteiger partial charge in [0.2, 0.25) is 11.8 Å². The zero-order valence-electron chi connectivity index (χ0n) is 22.4. The monoisotopic (exact) mass is 530 g/mol. The average Bonchev–Trinajstić information content (AvgIpc) is 3.24. The van der Waals surface area contributed by atoms with Crippen molar-refractivity contribution >= 4 is 29.5 Å². The maximum Gasteiger partial charge on any atom is 0.311 e. The van der Waals surface area contributed by atoms with Crippen molar-refractivity contribution < 1.29 is 24.2 Å². The van der Waals surface area contributed by atoms with Crippen LogP contribution in [0.2, 0.25) is 0 Å². The highest BCUT2D eigenvalue weighted by atomic mass is 32.2. The Bertz CT molecular complexity index is 977. The number of aliphatic hydroxyl groups is 1. The van der Waals surface area contributed by atoms with Crippen molar-refractivity contribution in [2.75, 3.05) is 19.8 Å². The largest absolute Gasteiger partial charge is 0.465 e. The second-order valence-electron chi connectivity index (χ2n) is 11.8. The second-order valence-corrected chi connectivity index (χ2v) is 13.6. The number of fused-ring (bicyclic) bond motifs is 2. The molecule has 1 unspecified atom stereocenters. The number of likely N-dealkylation sites (tertiary alicyclic amines) is 1. The Hall–Kier alpha value is -1.80. The predicted octanol–water partition coefficient (Wildman–Crippen LogP) is 3.71. The molecule has 1 spiro atoms. The smallest absolute Gasteiger partial charge is 0.311 e. The summed E-state index contributed by atoms with van der Waals surface area (Å²) in [7, 11) is 0. The number of rotatable bonds is 5. The van der Waals surface area contributed by atoms with Gasteiger partial charge in [0, 0.05) is 17.3 Å². The zero-order valence-corrected chi connectivity index (χ0v) is 23.3. The number of ether oxygens (including phenoxy) is 1. The number of carbonyl (C=O) groups is 3. The Morgan fingerprint density at radius 3 is 2.54 bits per heavy atom. The van der Waals surface area contributed by atoms with E-state index in [9.17, 15) is 19.5 Å². The molecule has 4 heterocycles. The van der Waals surface area contributed by atoms with Gasteiger partial charge in [-0.3, -0.25) is 14.4 Å². The summed E-state index contributed by atoms with van der Waals surface area (Å²) in [6.45, 7) is 6.73. The first-order valence-corrected chi connectivity index (χ1v) is 15.1. The van der Waals surface area contributed by atoms with Crippen LogP contribution in [0.1, 0.15) is 72.1 Å². The molecule has 5 rings (SSSR count). The Balaban J connectivity index is 1.65. The van der Waals surface area contributed by atoms with E-state index in [1.165, 1.54) is 6.42 Å². The Morgan fingerprint density at radius 1 is 1.08 bits per heavy atom. The van der Waals surface area contributed by atoms with Gasteiger partial charge < -0.3 is 19.6 Å². The van der Waals surface area contributed by atoms with Crippen molar-refractivity contribution in [3.8, 4) is 0 Å². The number of aliphatic hydroxyl groups excluding tert-OH is 1. The predicted molar refractivity (Wildman–Crippen MR) is 144 cm³/mol. The molecule has 0 aromatic heterocycles. The van der Waals surface area contributed by atoms with Crippen LogP contribution in [0, 0.1) is 17.8 Å². The molecule has 2 saturated heterocycles. The molecule has 4 aliphatic heterocycles. The van der Waals surface area contributed by atoms with Crippen LogP contribution in [0.25, 0.3) is 0 Å². The molecule has 0 bridgehead atoms. The molecule has 7 nitrogen and oxygen atoms in total. The molecule has 3 fully saturated rings. The second kappa shape index (κ2) is 10.4. The molecule has 2 amide bonds. The average molecular weight is 531 g/mol. The first kappa shape index (κ1) is 26.8. The summed E-state index contributed by atoms with van der Waals surface area (Å²) in [5.74, 6) is -1.98. The maximum absolute atomic E-state index is 14.6. The van der Waals surface area contributed by atoms with Crippen molar-refractivity contribution in [3.05, 3.63) is 24.3 Å². The third-order valence-electron chi connectivity index (χ3n) is 9.58. The lowest BCUT2D eigenvalue weighted by atomic mass is 9.74. The first-order chi connectivity index (χ1) is 17.8. The minimum atomic E-state index is -0.888. The molecule has 7 atom stereocenters. The van der Waals surface area contributed by atoms with Gasteiger partial charge >= 0.3 is 5.97 Å². The van der Waals surface area contributed by atoms with Gasteiger partial charge in [0.15, 0.2) is 0 Å². The van der Waals surface area contributed by atoms with Crippen molar-refractivity contribution in [2.24, 2.45) is 17.8 Å². The van der Waals surface area contributed by atoms with E-state index in [2.05, 4.69) is 24.3 Å². The number of cyclic esters (lactones) is 1. The van der Waals surface area contributed by atoms with E-state index in [0.717, 1.165) is 44.9 Å². The van der Waals surface area contributed by atoms with Gasteiger partial charge in [-0.1, -0.05) is 63.8 Å². The Kier molecular flexibility index (Phi) is 7.53. The standard InChI is InChI=1S/C29H42N2O5S/c1-4-19(2)21(18-32)31-24-26(34)30(20-12-7-5-8-13-20)16-11-15-29(24)22(25(31)33)23-27(35)36-17-10-6-9-14-28(23,3)37-29/h9,11,14-15,19-24,32H,4-8,10,12-13,16-18H2,1-3H3/b14-9-/t19-,21-,22-,23-,24?,28+,29-/m0/s1. The zero-order chi connectivity index (χ0) is 26.4. The minimum Gasteiger partial charge on any atom is -0.465 e. The molecule has 8 heteroatoms. The highest BCUT2D eigenvalue weighted by molar-refractivity contribution is 8.02. The van der Waals surface area contributed by atoms with Gasteiger partial charge in [-0.2, -0.15) is 0 Å². The van der Waals surface area contributed by atoms with E-state index >= 15 is 0 Å². The van der Waals surface area contributed by atoms with E-state index in [-0.39, 0.29) is 36.4 Å². The van der Waals surface area contributed by atoms with Gasteiger partial charge in [0.05, 0.1) is 35.8 Å². The highest BCUT2D eigenvalue weighted by Gasteiger charge is 2.74. The quantitative estimate of drug-likeness (QED) is 0.431. The lowest BCUT2D eigenvalue weighted by Gasteiger charge is -2.43. The van der Waals surface area contributed by atoms with E-state index in [0.29, 0.717) is 13.2 Å². The van der Waals surface area contributed by atoms with Gasteiger partial charge in [0.1, 0.15) is 6.04 Å². The van der Waals surface area contributed by atoms with Crippen molar-refractivity contribution in [1.82, 2.24) is 9.80 Å². The topological polar surface area (TPSA) is 87.2 Å². The normalized spacial score (nSPS) is 39.0. The van der Waals surface area contributed by atoms with E-state index in [4.69, 9.17) is 4.74 Å². The molecule has 1 N–H and O–H groups in total. The fourth-order valence-electron chi connectivity index (χ4n) is 7.48. The summed E-state index contributed by atoms with van der Waals surface area (Å²) in [5.41, 5.74) is 0. The molecular formula is C29H42N2O5S. The summed E-state index contributed by atoms with van der Waals surface area (Å²) in [6.07, 6.45) is 16.0. The molecule has 1 aliphatic carbocycles. The van der Waals surface area contributed by atoms with Crippen molar-refractivity contribution in [1.29, 1.82) is 0 Å². The van der Waals surface area contributed by atoms with Gasteiger partial charge in [-0.15, -0.1) is 11.8 Å². The number of hydrogen-bond donors (Lipinski definition) is 1. The lowest BCUT2D eigenvalue weighted by molar-refractivity contribution is -0.155. The van der Waals surface area contributed by atoms with Gasteiger partial charge in [-0.05, 0) is 38.5 Å². The molecule has 5 aliphatic rings. The molecular weight excluding hydrogens is 488 g/mol. The lowest BCUT2D eigenvalue weighted by Crippen LogP contribution is -2.59. The number of amides is 2. The summed E-state index contributed by atoms with van der Waals surface area (Å²) < 4.78 is 4.15. The highest BCUT2D eigenvalue weighted by Crippen LogP contribution is 2.65. The van der Waals surface area contributed by atoms with Crippen molar-refractivity contribution in [2.45, 2.75) is 99.8 Å². The molecule has 37 heavy (non-hydrogen) atoms. The van der Waals surface area contributed by atoms with Crippen LogP contribution < -0.4 is 0 Å². The summed E-state index contributed by atoms with van der Waals surface area (Å²) >= 11 is 1.59. The number of allylic oxidation sites excluding steroid dienone is 1.